The van der Waals surface area contributed by atoms with Crippen LogP contribution in [0.15, 0.2) is 0 Å². The van der Waals surface area contributed by atoms with Crippen LogP contribution in [0.4, 0.5) is 0 Å². The van der Waals surface area contributed by atoms with Crippen LogP contribution in [-0.4, -0.2) is 97.5 Å². The molecule has 2 aliphatic heterocycles. The summed E-state index contributed by atoms with van der Waals surface area (Å²) < 4.78 is 18.4. The number of ether oxygens (including phenoxy) is 3. The van der Waals surface area contributed by atoms with E-state index in [2.05, 4.69) is 44.4 Å². The monoisotopic (exact) mass is 807 g/mol. The first-order chi connectivity index (χ1) is 27.5. The zero-order valence-corrected chi connectivity index (χ0v) is 37.3. The van der Waals surface area contributed by atoms with Crippen LogP contribution in [0.1, 0.15) is 145 Å². The summed E-state index contributed by atoms with van der Waals surface area (Å²) in [6, 6.07) is 0. The number of piperidine rings is 1. The number of hydrogen-bond donors (Lipinski definition) is 1. The van der Waals surface area contributed by atoms with Gasteiger partial charge in [0.1, 0.15) is 6.10 Å². The molecule has 0 spiro atoms. The largest absolute Gasteiger partial charge is 0.481 e. The second-order valence-electron chi connectivity index (χ2n) is 23.5. The van der Waals surface area contributed by atoms with Crippen molar-refractivity contribution in [3.8, 4) is 0 Å². The van der Waals surface area contributed by atoms with Gasteiger partial charge in [-0.05, 0) is 153 Å². The molecular weight excluding hydrogens is 729 g/mol. The third kappa shape index (κ3) is 6.31. The molecule has 1 N–H and O–H groups in total. The highest BCUT2D eigenvalue weighted by Crippen LogP contribution is 2.78. The quantitative estimate of drug-likeness (QED) is 0.232. The first-order valence-electron chi connectivity index (χ1n) is 24.1. The molecule has 0 unspecified atom stereocenters. The van der Waals surface area contributed by atoms with E-state index in [0.29, 0.717) is 41.9 Å². The van der Waals surface area contributed by atoms with Gasteiger partial charge in [0, 0.05) is 38.1 Å². The summed E-state index contributed by atoms with van der Waals surface area (Å²) in [5.74, 6) is 2.42. The lowest BCUT2D eigenvalue weighted by atomic mass is 9.32. The van der Waals surface area contributed by atoms with Gasteiger partial charge in [-0.25, -0.2) is 0 Å². The van der Waals surface area contributed by atoms with Crippen molar-refractivity contribution in [2.24, 2.45) is 79.8 Å². The number of likely N-dealkylation sites (tertiary alicyclic amines) is 1. The van der Waals surface area contributed by atoms with E-state index in [9.17, 15) is 14.7 Å². The van der Waals surface area contributed by atoms with Crippen LogP contribution in [-0.2, 0) is 28.6 Å². The number of hydrogen-bond acceptors (Lipinski definition) is 7. The van der Waals surface area contributed by atoms with E-state index in [1.807, 2.05) is 13.8 Å². The SMILES string of the molecule is CC1(C)[C@@H](C(=O)O[C@H]2CC[C@]3(C)[C@H]4CC[C@@H]5[C@H]6[C@H](C7CC7)CC[C@]6(C(=O)N6CCC(OCCN7CCOCC7)CC6)CC[C@@]5(C)[C@]4(C)CC[C@H]3C2(C)C)C[C@H]1C(=O)O. The summed E-state index contributed by atoms with van der Waals surface area (Å²) in [5, 5.41) is 9.70. The maximum Gasteiger partial charge on any atom is 0.309 e. The molecular formula is C49H78N2O7. The molecule has 9 rings (SSSR count). The van der Waals surface area contributed by atoms with Gasteiger partial charge in [-0.2, -0.15) is 0 Å². The molecule has 0 aromatic heterocycles. The maximum absolute atomic E-state index is 15.2. The average molecular weight is 807 g/mol. The van der Waals surface area contributed by atoms with Gasteiger partial charge in [0.25, 0.3) is 0 Å². The predicted molar refractivity (Wildman–Crippen MR) is 223 cm³/mol. The third-order valence-electron chi connectivity index (χ3n) is 20.8. The van der Waals surface area contributed by atoms with Crippen molar-refractivity contribution in [1.82, 2.24) is 9.80 Å². The van der Waals surface area contributed by atoms with Crippen molar-refractivity contribution in [1.29, 1.82) is 0 Å². The molecule has 0 radical (unpaired) electrons. The van der Waals surface area contributed by atoms with Crippen molar-refractivity contribution in [3.05, 3.63) is 0 Å². The van der Waals surface area contributed by atoms with Crippen LogP contribution in [0.3, 0.4) is 0 Å². The average Bonchev–Trinajstić information content (AvgIpc) is 3.95. The van der Waals surface area contributed by atoms with Crippen molar-refractivity contribution >= 4 is 17.8 Å². The molecule has 7 aliphatic carbocycles. The summed E-state index contributed by atoms with van der Waals surface area (Å²) in [7, 11) is 0. The molecule has 2 heterocycles. The number of carboxylic acids is 1. The highest BCUT2D eigenvalue weighted by Gasteiger charge is 2.73. The van der Waals surface area contributed by atoms with Gasteiger partial charge in [0.15, 0.2) is 0 Å². The number of amides is 1. The van der Waals surface area contributed by atoms with Crippen molar-refractivity contribution in [2.75, 3.05) is 52.5 Å². The number of esters is 1. The smallest absolute Gasteiger partial charge is 0.309 e. The molecule has 0 aromatic carbocycles. The van der Waals surface area contributed by atoms with Crippen molar-refractivity contribution in [3.63, 3.8) is 0 Å². The van der Waals surface area contributed by atoms with Gasteiger partial charge < -0.3 is 24.2 Å². The van der Waals surface area contributed by atoms with E-state index in [4.69, 9.17) is 14.2 Å². The fourth-order valence-corrected chi connectivity index (χ4v) is 16.9. The van der Waals surface area contributed by atoms with Crippen LogP contribution in [0, 0.1) is 79.8 Å². The number of nitrogens with zero attached hydrogens (tertiary/aromatic N) is 2. The minimum atomic E-state index is -0.806. The van der Waals surface area contributed by atoms with Crippen LogP contribution < -0.4 is 0 Å². The normalized spacial score (nSPS) is 46.2. The number of morpholine rings is 1. The van der Waals surface area contributed by atoms with Crippen LogP contribution >= 0.6 is 0 Å². The molecule has 1 amide bonds. The predicted octanol–water partition coefficient (Wildman–Crippen LogP) is 8.48. The Labute approximate surface area is 349 Å². The molecule has 9 nitrogen and oxygen atoms in total. The minimum Gasteiger partial charge on any atom is -0.481 e. The van der Waals surface area contributed by atoms with Crippen molar-refractivity contribution in [2.45, 2.75) is 157 Å². The second kappa shape index (κ2) is 14.7. The third-order valence-corrected chi connectivity index (χ3v) is 20.8. The fourth-order valence-electron chi connectivity index (χ4n) is 16.9. The number of aliphatic carboxylic acids is 1. The van der Waals surface area contributed by atoms with Gasteiger partial charge in [-0.3, -0.25) is 19.3 Å². The Balaban J connectivity index is 0.891. The first-order valence-corrected chi connectivity index (χ1v) is 24.1. The highest BCUT2D eigenvalue weighted by molar-refractivity contribution is 5.84. The molecule has 7 saturated carbocycles. The van der Waals surface area contributed by atoms with Gasteiger partial charge in [0.05, 0.1) is 43.2 Å². The molecule has 9 fully saturated rings. The van der Waals surface area contributed by atoms with E-state index in [0.717, 1.165) is 103 Å². The standard InChI is InChI=1S/C49H78N2O7/c1-44(2)35(41(52)53)30-36(44)42(54)58-39-14-17-46(5)37(45(39,3)4)13-18-48(7)38(46)11-10-34-40-33(31-8-9-31)12-19-49(40,21-20-47(34,48)6)43(55)51-22-15-32(16-23-51)57-29-26-50-24-27-56-28-25-50/h31-40H,8-30H2,1-7H3,(H,52,53)/t33-,34+,35-,36+,37-,38+,39-,40+,46-,47+,48+,49-/m0/s1. The summed E-state index contributed by atoms with van der Waals surface area (Å²) >= 11 is 0. The topological polar surface area (TPSA) is 106 Å². The van der Waals surface area contributed by atoms with Gasteiger partial charge in [0.2, 0.25) is 5.91 Å². The number of rotatable bonds is 9. The number of carbonyl (C=O) groups excluding carboxylic acids is 2. The molecule has 9 heteroatoms. The molecule has 0 aromatic rings. The van der Waals surface area contributed by atoms with E-state index in [1.54, 1.807) is 0 Å². The van der Waals surface area contributed by atoms with E-state index < -0.39 is 17.3 Å². The summed E-state index contributed by atoms with van der Waals surface area (Å²) in [6.45, 7) is 23.7. The summed E-state index contributed by atoms with van der Waals surface area (Å²) in [5.41, 5.74) is -0.324. The number of carboxylic acid groups (broad SMARTS) is 1. The van der Waals surface area contributed by atoms with Crippen LogP contribution in [0.5, 0.6) is 0 Å². The van der Waals surface area contributed by atoms with Gasteiger partial charge >= 0.3 is 11.9 Å². The highest BCUT2D eigenvalue weighted by atomic mass is 16.5. The van der Waals surface area contributed by atoms with Crippen molar-refractivity contribution < 1.29 is 33.7 Å². The van der Waals surface area contributed by atoms with Gasteiger partial charge in [-0.1, -0.05) is 48.5 Å². The second-order valence-corrected chi connectivity index (χ2v) is 23.5. The van der Waals surface area contributed by atoms with Crippen LogP contribution in [0.2, 0.25) is 0 Å². The Morgan fingerprint density at radius 3 is 2.10 bits per heavy atom. The molecule has 2 saturated heterocycles. The molecule has 0 bridgehead atoms. The lowest BCUT2D eigenvalue weighted by Crippen LogP contribution is -2.67. The fraction of sp³-hybridized carbons (Fsp3) is 0.939. The number of fused-ring (bicyclic) bond motifs is 7. The Hall–Kier alpha value is -1.71. The Kier molecular flexibility index (Phi) is 10.6. The Bertz CT molecular complexity index is 1600. The summed E-state index contributed by atoms with van der Waals surface area (Å²) in [6.07, 6.45) is 16.6. The zero-order chi connectivity index (χ0) is 41.0. The summed E-state index contributed by atoms with van der Waals surface area (Å²) in [4.78, 5) is 45.4. The van der Waals surface area contributed by atoms with Gasteiger partial charge in [-0.15, -0.1) is 0 Å². The Morgan fingerprint density at radius 2 is 1.43 bits per heavy atom. The van der Waals surface area contributed by atoms with E-state index in [-0.39, 0.29) is 51.2 Å². The maximum atomic E-state index is 15.2. The minimum absolute atomic E-state index is 0.139. The van der Waals surface area contributed by atoms with E-state index in [1.165, 1.54) is 44.9 Å². The molecule has 58 heavy (non-hydrogen) atoms. The molecule has 12 atom stereocenters. The lowest BCUT2D eigenvalue weighted by Gasteiger charge is -2.73. The number of carbonyl (C=O) groups is 3. The Morgan fingerprint density at radius 1 is 0.707 bits per heavy atom. The first kappa shape index (κ1) is 41.6. The molecule has 9 aliphatic rings. The molecule has 326 valence electrons. The van der Waals surface area contributed by atoms with E-state index >= 15 is 4.79 Å². The lowest BCUT2D eigenvalue weighted by molar-refractivity contribution is -0.252. The zero-order valence-electron chi connectivity index (χ0n) is 37.3. The van der Waals surface area contributed by atoms with Crippen LogP contribution in [0.25, 0.3) is 0 Å².